The van der Waals surface area contributed by atoms with E-state index in [0.29, 0.717) is 0 Å². The van der Waals surface area contributed by atoms with Gasteiger partial charge in [0.25, 0.3) is 0 Å². The highest BCUT2D eigenvalue weighted by molar-refractivity contribution is 5.40. The maximum atomic E-state index is 2.22. The van der Waals surface area contributed by atoms with Crippen LogP contribution in [0.5, 0.6) is 0 Å². The first-order valence-corrected chi connectivity index (χ1v) is 4.02. The van der Waals surface area contributed by atoms with E-state index in [1.165, 1.54) is 22.3 Å². The van der Waals surface area contributed by atoms with E-state index in [4.69, 9.17) is 0 Å². The average Bonchev–Trinajstić information content (AvgIpc) is 1.96. The third-order valence-corrected chi connectivity index (χ3v) is 2.16. The first kappa shape index (κ1) is 8.32. The molecular weight excluding hydrogens is 132 g/mol. The van der Waals surface area contributed by atoms with Gasteiger partial charge < -0.3 is 0 Å². The number of hydrogen-bond acceptors (Lipinski definition) is 0. The topological polar surface area (TPSA) is 0 Å². The van der Waals surface area contributed by atoms with Crippen molar-refractivity contribution >= 4 is 0 Å². The molecule has 0 N–H and O–H groups in total. The number of benzene rings is 1. The SMILES string of the molecule is C[CH]c1cc(C)cc(C)c1C. The van der Waals surface area contributed by atoms with Gasteiger partial charge in [-0.2, -0.15) is 0 Å². The van der Waals surface area contributed by atoms with Crippen LogP contribution in [-0.4, -0.2) is 0 Å². The minimum absolute atomic E-state index is 1.35. The molecule has 1 radical (unpaired) electrons. The molecule has 0 bridgehead atoms. The van der Waals surface area contributed by atoms with Gasteiger partial charge in [0, 0.05) is 0 Å². The van der Waals surface area contributed by atoms with E-state index in [-0.39, 0.29) is 0 Å². The number of hydrogen-bond donors (Lipinski definition) is 0. The second kappa shape index (κ2) is 3.08. The standard InChI is InChI=1S/C11H15/c1-5-11-7-8(2)6-9(3)10(11)4/h5-7H,1-4H3. The molecule has 0 unspecified atom stereocenters. The Morgan fingerprint density at radius 2 is 1.73 bits per heavy atom. The van der Waals surface area contributed by atoms with Gasteiger partial charge in [0.1, 0.15) is 0 Å². The van der Waals surface area contributed by atoms with Crippen LogP contribution in [0.25, 0.3) is 0 Å². The monoisotopic (exact) mass is 147 g/mol. The van der Waals surface area contributed by atoms with Crippen LogP contribution in [-0.2, 0) is 0 Å². The minimum Gasteiger partial charge on any atom is -0.0578 e. The Morgan fingerprint density at radius 3 is 2.27 bits per heavy atom. The summed E-state index contributed by atoms with van der Waals surface area (Å²) in [6.07, 6.45) is 2.16. The summed E-state index contributed by atoms with van der Waals surface area (Å²) in [5, 5.41) is 0. The Bertz CT molecular complexity index is 259. The summed E-state index contributed by atoms with van der Waals surface area (Å²) >= 11 is 0. The van der Waals surface area contributed by atoms with Crippen molar-refractivity contribution in [3.05, 3.63) is 40.8 Å². The van der Waals surface area contributed by atoms with E-state index in [9.17, 15) is 0 Å². The lowest BCUT2D eigenvalue weighted by atomic mass is 9.99. The van der Waals surface area contributed by atoms with E-state index in [1.807, 2.05) is 0 Å². The maximum Gasteiger partial charge on any atom is -0.0121 e. The van der Waals surface area contributed by atoms with E-state index in [2.05, 4.69) is 46.2 Å². The predicted octanol–water partition coefficient (Wildman–Crippen LogP) is 3.18. The lowest BCUT2D eigenvalue weighted by Crippen LogP contribution is -1.89. The Kier molecular flexibility index (Phi) is 2.33. The molecule has 59 valence electrons. The summed E-state index contributed by atoms with van der Waals surface area (Å²) in [7, 11) is 0. The van der Waals surface area contributed by atoms with Gasteiger partial charge >= 0.3 is 0 Å². The van der Waals surface area contributed by atoms with Crippen molar-refractivity contribution in [2.24, 2.45) is 0 Å². The van der Waals surface area contributed by atoms with Crippen LogP contribution < -0.4 is 0 Å². The van der Waals surface area contributed by atoms with E-state index in [1.54, 1.807) is 0 Å². The molecule has 0 aliphatic carbocycles. The van der Waals surface area contributed by atoms with Gasteiger partial charge in [0.15, 0.2) is 0 Å². The van der Waals surface area contributed by atoms with Crippen LogP contribution >= 0.6 is 0 Å². The molecular formula is C11H15. The van der Waals surface area contributed by atoms with Crippen LogP contribution in [0.3, 0.4) is 0 Å². The summed E-state index contributed by atoms with van der Waals surface area (Å²) in [6.45, 7) is 8.56. The molecule has 0 aliphatic heterocycles. The van der Waals surface area contributed by atoms with Gasteiger partial charge in [-0.15, -0.1) is 0 Å². The van der Waals surface area contributed by atoms with Gasteiger partial charge in [-0.3, -0.25) is 0 Å². The molecule has 0 amide bonds. The highest BCUT2D eigenvalue weighted by Crippen LogP contribution is 2.16. The molecule has 0 heterocycles. The van der Waals surface area contributed by atoms with Gasteiger partial charge in [-0.1, -0.05) is 24.6 Å². The van der Waals surface area contributed by atoms with Crippen LogP contribution in [0.2, 0.25) is 0 Å². The molecule has 0 nitrogen and oxygen atoms in total. The Hall–Kier alpha value is -0.780. The van der Waals surface area contributed by atoms with Gasteiger partial charge in [-0.05, 0) is 43.9 Å². The molecule has 0 heteroatoms. The second-order valence-corrected chi connectivity index (χ2v) is 3.08. The first-order valence-electron chi connectivity index (χ1n) is 4.02. The molecule has 1 rings (SSSR count). The lowest BCUT2D eigenvalue weighted by molar-refractivity contribution is 1.23. The fourth-order valence-electron chi connectivity index (χ4n) is 1.37. The van der Waals surface area contributed by atoms with Crippen molar-refractivity contribution in [2.75, 3.05) is 0 Å². The fourth-order valence-corrected chi connectivity index (χ4v) is 1.37. The molecule has 0 saturated heterocycles. The molecule has 0 aliphatic rings. The summed E-state index contributed by atoms with van der Waals surface area (Å²) in [5.41, 5.74) is 5.50. The molecule has 1 aromatic carbocycles. The Labute approximate surface area is 69.3 Å². The molecule has 0 saturated carbocycles. The van der Waals surface area contributed by atoms with Crippen LogP contribution in [0, 0.1) is 27.2 Å². The molecule has 11 heavy (non-hydrogen) atoms. The van der Waals surface area contributed by atoms with Gasteiger partial charge in [-0.25, -0.2) is 0 Å². The lowest BCUT2D eigenvalue weighted by Gasteiger charge is -2.07. The summed E-state index contributed by atoms with van der Waals surface area (Å²) in [5.74, 6) is 0. The fraction of sp³-hybridized carbons (Fsp3) is 0.364. The van der Waals surface area contributed by atoms with Crippen molar-refractivity contribution in [3.8, 4) is 0 Å². The molecule has 1 aromatic rings. The quantitative estimate of drug-likeness (QED) is 0.572. The Balaban J connectivity index is 3.24. The largest absolute Gasteiger partial charge is 0.0578 e. The Morgan fingerprint density at radius 1 is 1.09 bits per heavy atom. The van der Waals surface area contributed by atoms with Crippen molar-refractivity contribution in [2.45, 2.75) is 27.7 Å². The normalized spacial score (nSPS) is 10.2. The zero-order valence-corrected chi connectivity index (χ0v) is 7.73. The second-order valence-electron chi connectivity index (χ2n) is 3.08. The summed E-state index contributed by atoms with van der Waals surface area (Å²) in [4.78, 5) is 0. The maximum absolute atomic E-state index is 2.22. The minimum atomic E-state index is 1.35. The smallest absolute Gasteiger partial charge is 0.0121 e. The average molecular weight is 147 g/mol. The van der Waals surface area contributed by atoms with Gasteiger partial charge in [0.2, 0.25) is 0 Å². The third-order valence-electron chi connectivity index (χ3n) is 2.16. The first-order chi connectivity index (χ1) is 5.15. The van der Waals surface area contributed by atoms with Crippen molar-refractivity contribution < 1.29 is 0 Å². The molecule has 0 fully saturated rings. The molecule has 0 spiro atoms. The zero-order chi connectivity index (χ0) is 8.43. The number of aryl methyl sites for hydroxylation is 2. The van der Waals surface area contributed by atoms with E-state index < -0.39 is 0 Å². The summed E-state index contributed by atoms with van der Waals surface area (Å²) < 4.78 is 0. The van der Waals surface area contributed by atoms with Crippen molar-refractivity contribution in [1.82, 2.24) is 0 Å². The highest BCUT2D eigenvalue weighted by Gasteiger charge is 1.99. The third kappa shape index (κ3) is 1.62. The number of rotatable bonds is 1. The molecule has 0 atom stereocenters. The van der Waals surface area contributed by atoms with Crippen LogP contribution in [0.15, 0.2) is 12.1 Å². The van der Waals surface area contributed by atoms with Gasteiger partial charge in [0.05, 0.1) is 0 Å². The van der Waals surface area contributed by atoms with Crippen molar-refractivity contribution in [1.29, 1.82) is 0 Å². The zero-order valence-electron chi connectivity index (χ0n) is 7.73. The van der Waals surface area contributed by atoms with E-state index in [0.717, 1.165) is 0 Å². The van der Waals surface area contributed by atoms with Crippen LogP contribution in [0.4, 0.5) is 0 Å². The van der Waals surface area contributed by atoms with Crippen LogP contribution in [0.1, 0.15) is 29.2 Å². The molecule has 0 aromatic heterocycles. The summed E-state index contributed by atoms with van der Waals surface area (Å²) in [6, 6.07) is 4.45. The predicted molar refractivity (Wildman–Crippen MR) is 49.7 cm³/mol. The van der Waals surface area contributed by atoms with E-state index >= 15 is 0 Å². The van der Waals surface area contributed by atoms with Crippen molar-refractivity contribution in [3.63, 3.8) is 0 Å². The highest BCUT2D eigenvalue weighted by atomic mass is 14.0.